The van der Waals surface area contributed by atoms with Crippen molar-refractivity contribution >= 4 is 6.03 Å². The van der Waals surface area contributed by atoms with Gasteiger partial charge in [-0.3, -0.25) is 0 Å². The Kier molecular flexibility index (Phi) is 6.28. The number of rotatable bonds is 5. The number of carbonyl (C=O) groups excluding carboxylic acids is 1. The van der Waals surface area contributed by atoms with E-state index in [-0.39, 0.29) is 18.2 Å². The van der Waals surface area contributed by atoms with Crippen molar-refractivity contribution in [2.24, 2.45) is 0 Å². The number of hydrogen-bond acceptors (Lipinski definition) is 3. The van der Waals surface area contributed by atoms with Crippen LogP contribution in [0.3, 0.4) is 0 Å². The number of carbonyl (C=O) groups is 1. The highest BCUT2D eigenvalue weighted by atomic mass is 16.5. The first-order valence-corrected chi connectivity index (χ1v) is 8.38. The molecular formula is C18H28N2O3. The molecule has 0 aromatic heterocycles. The fraction of sp³-hybridized carbons (Fsp3) is 0.611. The summed E-state index contributed by atoms with van der Waals surface area (Å²) in [5.41, 5.74) is 1.16. The minimum absolute atomic E-state index is 0.00514. The minimum atomic E-state index is -0.531. The van der Waals surface area contributed by atoms with Gasteiger partial charge in [-0.05, 0) is 50.8 Å². The summed E-state index contributed by atoms with van der Waals surface area (Å²) < 4.78 is 6.13. The number of ether oxygens (including phenoxy) is 1. The van der Waals surface area contributed by atoms with Crippen LogP contribution >= 0.6 is 0 Å². The lowest BCUT2D eigenvalue weighted by Gasteiger charge is -2.34. The largest absolute Gasteiger partial charge is 0.488 e. The summed E-state index contributed by atoms with van der Waals surface area (Å²) in [5, 5.41) is 12.5. The number of amides is 2. The first kappa shape index (κ1) is 17.6. The summed E-state index contributed by atoms with van der Waals surface area (Å²) >= 11 is 0. The molecule has 1 aliphatic carbocycles. The predicted molar refractivity (Wildman–Crippen MR) is 90.7 cm³/mol. The summed E-state index contributed by atoms with van der Waals surface area (Å²) in [6.07, 6.45) is 3.54. The molecule has 2 rings (SSSR count). The van der Waals surface area contributed by atoms with Gasteiger partial charge in [0.05, 0.1) is 12.1 Å². The number of nitrogens with one attached hydrogen (secondary N) is 1. The highest BCUT2D eigenvalue weighted by molar-refractivity contribution is 5.74. The second-order valence-corrected chi connectivity index (χ2v) is 6.54. The fourth-order valence-electron chi connectivity index (χ4n) is 3.01. The third-order valence-electron chi connectivity index (χ3n) is 4.17. The predicted octanol–water partition coefficient (Wildman–Crippen LogP) is 2.71. The van der Waals surface area contributed by atoms with E-state index < -0.39 is 6.10 Å². The second kappa shape index (κ2) is 8.20. The maximum Gasteiger partial charge on any atom is 0.317 e. The molecule has 0 heterocycles. The van der Waals surface area contributed by atoms with E-state index in [1.807, 2.05) is 31.2 Å². The van der Waals surface area contributed by atoms with E-state index >= 15 is 0 Å². The summed E-state index contributed by atoms with van der Waals surface area (Å²) in [4.78, 5) is 13.8. The Hall–Kier alpha value is -1.75. The molecule has 3 atom stereocenters. The topological polar surface area (TPSA) is 61.8 Å². The van der Waals surface area contributed by atoms with E-state index in [9.17, 15) is 9.90 Å². The van der Waals surface area contributed by atoms with E-state index in [0.717, 1.165) is 37.0 Å². The van der Waals surface area contributed by atoms with Crippen molar-refractivity contribution in [1.29, 1.82) is 0 Å². The number of likely N-dealkylation sites (N-methyl/N-ethyl adjacent to an activating group) is 1. The van der Waals surface area contributed by atoms with E-state index in [0.29, 0.717) is 6.54 Å². The summed E-state index contributed by atoms with van der Waals surface area (Å²) in [6, 6.07) is 7.85. The number of aliphatic hydroxyl groups excluding tert-OH is 1. The number of hydrogen-bond donors (Lipinski definition) is 2. The summed E-state index contributed by atoms with van der Waals surface area (Å²) in [5.74, 6) is 0.855. The van der Waals surface area contributed by atoms with Crippen molar-refractivity contribution in [2.45, 2.75) is 57.8 Å². The Morgan fingerprint density at radius 2 is 2.17 bits per heavy atom. The molecule has 5 heteroatoms. The molecule has 2 amide bonds. The van der Waals surface area contributed by atoms with E-state index in [1.54, 1.807) is 14.0 Å². The first-order valence-electron chi connectivity index (χ1n) is 8.38. The fourth-order valence-corrected chi connectivity index (χ4v) is 3.01. The molecule has 5 nitrogen and oxygen atoms in total. The molecule has 0 radical (unpaired) electrons. The molecule has 0 spiro atoms. The standard InChI is InChI=1S/C18H28N2O3/c1-13-7-6-8-15(11-13)23-17-10-5-4-9-16(17)19-18(22)20(3)12-14(2)21/h6-8,11,14,16-17,21H,4-5,9-10,12H2,1-3H3,(H,19,22). The van der Waals surface area contributed by atoms with Crippen LogP contribution < -0.4 is 10.1 Å². The zero-order chi connectivity index (χ0) is 16.8. The van der Waals surface area contributed by atoms with Crippen molar-refractivity contribution in [3.8, 4) is 5.75 Å². The third-order valence-corrected chi connectivity index (χ3v) is 4.17. The van der Waals surface area contributed by atoms with Crippen LogP contribution in [-0.4, -0.2) is 47.9 Å². The van der Waals surface area contributed by atoms with Crippen molar-refractivity contribution in [1.82, 2.24) is 10.2 Å². The lowest BCUT2D eigenvalue weighted by Crippen LogP contribution is -2.52. The Labute approximate surface area is 138 Å². The minimum Gasteiger partial charge on any atom is -0.488 e. The molecule has 3 unspecified atom stereocenters. The van der Waals surface area contributed by atoms with Crippen LogP contribution in [0.5, 0.6) is 5.75 Å². The number of urea groups is 1. The van der Waals surface area contributed by atoms with Crippen molar-refractivity contribution in [3.05, 3.63) is 29.8 Å². The van der Waals surface area contributed by atoms with Gasteiger partial charge in [-0.25, -0.2) is 4.79 Å². The molecule has 23 heavy (non-hydrogen) atoms. The molecule has 128 valence electrons. The molecule has 0 saturated heterocycles. The van der Waals surface area contributed by atoms with Crippen LogP contribution in [0.25, 0.3) is 0 Å². The van der Waals surface area contributed by atoms with Gasteiger partial charge < -0.3 is 20.1 Å². The van der Waals surface area contributed by atoms with Gasteiger partial charge in [0.2, 0.25) is 0 Å². The Balaban J connectivity index is 1.96. The second-order valence-electron chi connectivity index (χ2n) is 6.54. The van der Waals surface area contributed by atoms with Crippen molar-refractivity contribution in [3.63, 3.8) is 0 Å². The quantitative estimate of drug-likeness (QED) is 0.877. The van der Waals surface area contributed by atoms with Gasteiger partial charge in [-0.15, -0.1) is 0 Å². The van der Waals surface area contributed by atoms with Crippen LogP contribution in [0.15, 0.2) is 24.3 Å². The molecule has 1 fully saturated rings. The molecule has 1 aromatic rings. The lowest BCUT2D eigenvalue weighted by atomic mass is 9.92. The van der Waals surface area contributed by atoms with Crippen LogP contribution in [-0.2, 0) is 0 Å². The van der Waals surface area contributed by atoms with Gasteiger partial charge in [0.25, 0.3) is 0 Å². The van der Waals surface area contributed by atoms with Gasteiger partial charge in [0.15, 0.2) is 0 Å². The number of aryl methyl sites for hydroxylation is 1. The zero-order valence-corrected chi connectivity index (χ0v) is 14.3. The summed E-state index contributed by atoms with van der Waals surface area (Å²) in [7, 11) is 1.70. The smallest absolute Gasteiger partial charge is 0.317 e. The molecule has 0 aliphatic heterocycles. The monoisotopic (exact) mass is 320 g/mol. The van der Waals surface area contributed by atoms with Gasteiger partial charge in [-0.1, -0.05) is 18.6 Å². The number of nitrogens with zero attached hydrogens (tertiary/aromatic N) is 1. The maximum absolute atomic E-state index is 12.2. The van der Waals surface area contributed by atoms with Crippen LogP contribution in [0, 0.1) is 6.92 Å². The average molecular weight is 320 g/mol. The highest BCUT2D eigenvalue weighted by Gasteiger charge is 2.29. The normalized spacial score (nSPS) is 22.3. The van der Waals surface area contributed by atoms with E-state index in [4.69, 9.17) is 4.74 Å². The lowest BCUT2D eigenvalue weighted by molar-refractivity contribution is 0.106. The van der Waals surface area contributed by atoms with Gasteiger partial charge in [0, 0.05) is 13.6 Å². The van der Waals surface area contributed by atoms with Gasteiger partial charge in [0.1, 0.15) is 11.9 Å². The molecule has 1 aliphatic rings. The van der Waals surface area contributed by atoms with Crippen molar-refractivity contribution in [2.75, 3.05) is 13.6 Å². The first-order chi connectivity index (χ1) is 11.0. The van der Waals surface area contributed by atoms with Crippen molar-refractivity contribution < 1.29 is 14.6 Å². The van der Waals surface area contributed by atoms with E-state index in [2.05, 4.69) is 5.32 Å². The van der Waals surface area contributed by atoms with E-state index in [1.165, 1.54) is 4.90 Å². The highest BCUT2D eigenvalue weighted by Crippen LogP contribution is 2.24. The molecule has 2 N–H and O–H groups in total. The van der Waals surface area contributed by atoms with Gasteiger partial charge >= 0.3 is 6.03 Å². The number of aliphatic hydroxyl groups is 1. The molecular weight excluding hydrogens is 292 g/mol. The van der Waals surface area contributed by atoms with Crippen LogP contribution in [0.1, 0.15) is 38.2 Å². The van der Waals surface area contributed by atoms with Gasteiger partial charge in [-0.2, -0.15) is 0 Å². The zero-order valence-electron chi connectivity index (χ0n) is 14.3. The molecule has 1 saturated carbocycles. The Morgan fingerprint density at radius 3 is 2.87 bits per heavy atom. The van der Waals surface area contributed by atoms with Crippen LogP contribution in [0.2, 0.25) is 0 Å². The summed E-state index contributed by atoms with van der Waals surface area (Å²) in [6.45, 7) is 4.04. The SMILES string of the molecule is Cc1cccc(OC2CCCCC2NC(=O)N(C)CC(C)O)c1. The third kappa shape index (κ3) is 5.43. The Bertz CT molecular complexity index is 519. The number of benzene rings is 1. The Morgan fingerprint density at radius 1 is 1.43 bits per heavy atom. The molecule has 1 aromatic carbocycles. The average Bonchev–Trinajstić information content (AvgIpc) is 2.48. The van der Waals surface area contributed by atoms with Crippen LogP contribution in [0.4, 0.5) is 4.79 Å². The maximum atomic E-state index is 12.2. The molecule has 0 bridgehead atoms.